The molecule has 2 fully saturated rings. The first-order valence-electron chi connectivity index (χ1n) is 6.85. The van der Waals surface area contributed by atoms with Crippen molar-refractivity contribution in [1.29, 1.82) is 0 Å². The van der Waals surface area contributed by atoms with Gasteiger partial charge in [0.05, 0.1) is 11.7 Å². The van der Waals surface area contributed by atoms with Crippen molar-refractivity contribution in [2.75, 3.05) is 11.5 Å². The fourth-order valence-electron chi connectivity index (χ4n) is 2.97. The molecule has 1 saturated carbocycles. The molecule has 2 rings (SSSR count). The molecule has 1 heterocycles. The highest BCUT2D eigenvalue weighted by atomic mass is 32.2. The first-order chi connectivity index (χ1) is 8.61. The van der Waals surface area contributed by atoms with E-state index >= 15 is 0 Å². The predicted molar refractivity (Wildman–Crippen MR) is 72.9 cm³/mol. The molecule has 3 N–H and O–H groups in total. The number of carboxylic acid groups (broad SMARTS) is 1. The van der Waals surface area contributed by atoms with Gasteiger partial charge in [-0.05, 0) is 25.7 Å². The van der Waals surface area contributed by atoms with Gasteiger partial charge in [-0.2, -0.15) is 11.8 Å². The van der Waals surface area contributed by atoms with Gasteiger partial charge in [-0.15, -0.1) is 0 Å². The zero-order valence-corrected chi connectivity index (χ0v) is 11.6. The third kappa shape index (κ3) is 3.62. The Hall–Kier alpha value is -0.260. The molecule has 0 aromatic heterocycles. The number of carboxylic acids is 1. The summed E-state index contributed by atoms with van der Waals surface area (Å²) in [6.07, 6.45) is 8.96. The van der Waals surface area contributed by atoms with Crippen LogP contribution in [0, 0.1) is 0 Å². The van der Waals surface area contributed by atoms with E-state index in [1.807, 2.05) is 0 Å². The Morgan fingerprint density at radius 3 is 2.78 bits per heavy atom. The summed E-state index contributed by atoms with van der Waals surface area (Å²) in [6, 6.07) is -0.750. The summed E-state index contributed by atoms with van der Waals surface area (Å²) in [4.78, 5) is 10.6. The van der Waals surface area contributed by atoms with Gasteiger partial charge in [0.15, 0.2) is 0 Å². The summed E-state index contributed by atoms with van der Waals surface area (Å²) in [5.74, 6) is 0.434. The summed E-state index contributed by atoms with van der Waals surface area (Å²) in [5, 5.41) is 8.70. The van der Waals surface area contributed by atoms with Crippen molar-refractivity contribution < 1.29 is 14.6 Å². The second-order valence-corrected chi connectivity index (χ2v) is 6.58. The van der Waals surface area contributed by atoms with Crippen molar-refractivity contribution in [1.82, 2.24) is 0 Å². The number of carbonyl (C=O) groups is 1. The molecule has 0 aromatic carbocycles. The van der Waals surface area contributed by atoms with Crippen molar-refractivity contribution in [2.45, 2.75) is 62.7 Å². The SMILES string of the molecule is N[C@@H](CSCC1CCC2(CCCCC2)O1)C(=O)O. The maximum Gasteiger partial charge on any atom is 0.321 e. The largest absolute Gasteiger partial charge is 0.480 e. The smallest absolute Gasteiger partial charge is 0.321 e. The second-order valence-electron chi connectivity index (χ2n) is 5.50. The number of aliphatic carboxylic acids is 1. The van der Waals surface area contributed by atoms with Crippen molar-refractivity contribution in [2.24, 2.45) is 5.73 Å². The van der Waals surface area contributed by atoms with Crippen LogP contribution in [0.5, 0.6) is 0 Å². The second kappa shape index (κ2) is 6.26. The van der Waals surface area contributed by atoms with Crippen LogP contribution >= 0.6 is 11.8 Å². The maximum atomic E-state index is 10.6. The Bertz CT molecular complexity index is 292. The Labute approximate surface area is 113 Å². The maximum absolute atomic E-state index is 10.6. The number of rotatable bonds is 5. The lowest BCUT2D eigenvalue weighted by Crippen LogP contribution is -2.34. The average Bonchev–Trinajstić information content (AvgIpc) is 2.73. The topological polar surface area (TPSA) is 72.5 Å². The summed E-state index contributed by atoms with van der Waals surface area (Å²) < 4.78 is 6.22. The van der Waals surface area contributed by atoms with E-state index in [0.717, 1.165) is 12.2 Å². The molecule has 2 aliphatic rings. The normalized spacial score (nSPS) is 28.4. The molecule has 1 aliphatic heterocycles. The highest BCUT2D eigenvalue weighted by Gasteiger charge is 2.40. The molecule has 1 saturated heterocycles. The van der Waals surface area contributed by atoms with Gasteiger partial charge >= 0.3 is 5.97 Å². The van der Waals surface area contributed by atoms with Crippen LogP contribution in [0.15, 0.2) is 0 Å². The zero-order valence-electron chi connectivity index (χ0n) is 10.8. The Morgan fingerprint density at radius 2 is 2.11 bits per heavy atom. The van der Waals surface area contributed by atoms with Crippen molar-refractivity contribution in [3.05, 3.63) is 0 Å². The van der Waals surface area contributed by atoms with Gasteiger partial charge in [-0.3, -0.25) is 4.79 Å². The molecular weight excluding hydrogens is 250 g/mol. The van der Waals surface area contributed by atoms with Gasteiger partial charge in [0.2, 0.25) is 0 Å². The summed E-state index contributed by atoms with van der Waals surface area (Å²) in [5.41, 5.74) is 5.64. The highest BCUT2D eigenvalue weighted by molar-refractivity contribution is 7.99. The molecule has 0 radical (unpaired) electrons. The molecule has 0 bridgehead atoms. The minimum Gasteiger partial charge on any atom is -0.480 e. The Morgan fingerprint density at radius 1 is 1.39 bits per heavy atom. The predicted octanol–water partition coefficient (Wildman–Crippen LogP) is 2.01. The highest BCUT2D eigenvalue weighted by Crippen LogP contribution is 2.42. The van der Waals surface area contributed by atoms with Crippen molar-refractivity contribution in [3.8, 4) is 0 Å². The van der Waals surface area contributed by atoms with Crippen molar-refractivity contribution >= 4 is 17.7 Å². The van der Waals surface area contributed by atoms with Gasteiger partial charge in [0.25, 0.3) is 0 Å². The number of thioether (sulfide) groups is 1. The van der Waals surface area contributed by atoms with Crippen LogP contribution < -0.4 is 5.73 Å². The quantitative estimate of drug-likeness (QED) is 0.801. The van der Waals surface area contributed by atoms with Crippen LogP contribution in [0.4, 0.5) is 0 Å². The lowest BCUT2D eigenvalue weighted by Gasteiger charge is -2.33. The molecule has 104 valence electrons. The van der Waals surface area contributed by atoms with Gasteiger partial charge in [0.1, 0.15) is 6.04 Å². The lowest BCUT2D eigenvalue weighted by molar-refractivity contribution is -0.137. The van der Waals surface area contributed by atoms with E-state index in [-0.39, 0.29) is 5.60 Å². The zero-order chi connectivity index (χ0) is 13.0. The Balaban J connectivity index is 1.68. The molecular formula is C13H23NO3S. The fraction of sp³-hybridized carbons (Fsp3) is 0.923. The third-order valence-corrected chi connectivity index (χ3v) is 5.22. The molecule has 1 spiro atoms. The van der Waals surface area contributed by atoms with E-state index in [0.29, 0.717) is 11.9 Å². The van der Waals surface area contributed by atoms with Gasteiger partial charge in [-0.25, -0.2) is 0 Å². The third-order valence-electron chi connectivity index (χ3n) is 4.02. The van der Waals surface area contributed by atoms with Gasteiger partial charge in [-0.1, -0.05) is 19.3 Å². The van der Waals surface area contributed by atoms with E-state index in [2.05, 4.69) is 0 Å². The molecule has 0 aromatic rings. The summed E-state index contributed by atoms with van der Waals surface area (Å²) >= 11 is 1.60. The van der Waals surface area contributed by atoms with Gasteiger partial charge in [0, 0.05) is 11.5 Å². The average molecular weight is 273 g/mol. The van der Waals surface area contributed by atoms with E-state index in [1.165, 1.54) is 38.5 Å². The van der Waals surface area contributed by atoms with E-state index in [9.17, 15) is 4.79 Å². The summed E-state index contributed by atoms with van der Waals surface area (Å²) in [7, 11) is 0. The van der Waals surface area contributed by atoms with Crippen LogP contribution in [-0.2, 0) is 9.53 Å². The molecule has 2 atom stereocenters. The van der Waals surface area contributed by atoms with Crippen LogP contribution in [0.3, 0.4) is 0 Å². The summed E-state index contributed by atoms with van der Waals surface area (Å²) in [6.45, 7) is 0. The monoisotopic (exact) mass is 273 g/mol. The standard InChI is InChI=1S/C13H23NO3S/c14-11(12(15)16)9-18-8-10-4-7-13(17-10)5-2-1-3-6-13/h10-11H,1-9,14H2,(H,15,16)/t10?,11-/m0/s1. The molecule has 1 unspecified atom stereocenters. The van der Waals surface area contributed by atoms with Gasteiger partial charge < -0.3 is 15.6 Å². The van der Waals surface area contributed by atoms with Crippen LogP contribution in [0.25, 0.3) is 0 Å². The minimum absolute atomic E-state index is 0.165. The minimum atomic E-state index is -0.918. The Kier molecular flexibility index (Phi) is 4.92. The van der Waals surface area contributed by atoms with Crippen LogP contribution in [0.1, 0.15) is 44.9 Å². The number of hydrogen-bond acceptors (Lipinski definition) is 4. The number of hydrogen-bond donors (Lipinski definition) is 2. The molecule has 5 heteroatoms. The molecule has 18 heavy (non-hydrogen) atoms. The van der Waals surface area contributed by atoms with Crippen molar-refractivity contribution in [3.63, 3.8) is 0 Å². The van der Waals surface area contributed by atoms with E-state index in [4.69, 9.17) is 15.6 Å². The van der Waals surface area contributed by atoms with Crippen LogP contribution in [0.2, 0.25) is 0 Å². The first kappa shape index (κ1) is 14.2. The number of nitrogens with two attached hydrogens (primary N) is 1. The fourth-order valence-corrected chi connectivity index (χ4v) is 4.00. The van der Waals surface area contributed by atoms with E-state index in [1.54, 1.807) is 11.8 Å². The molecule has 0 amide bonds. The van der Waals surface area contributed by atoms with Crippen LogP contribution in [-0.4, -0.2) is 40.3 Å². The number of ether oxygens (including phenoxy) is 1. The molecule has 1 aliphatic carbocycles. The lowest BCUT2D eigenvalue weighted by atomic mass is 9.83. The van der Waals surface area contributed by atoms with E-state index < -0.39 is 12.0 Å². The first-order valence-corrected chi connectivity index (χ1v) is 8.01. The molecule has 4 nitrogen and oxygen atoms in total.